The fourth-order valence-corrected chi connectivity index (χ4v) is 1.92. The molecule has 23 heavy (non-hydrogen) atoms. The van der Waals surface area contributed by atoms with Crippen molar-refractivity contribution in [2.45, 2.75) is 6.92 Å². The van der Waals surface area contributed by atoms with Gasteiger partial charge in [-0.2, -0.15) is 0 Å². The molecule has 2 aromatic rings. The number of benzene rings is 2. The lowest BCUT2D eigenvalue weighted by atomic mass is 10.2. The van der Waals surface area contributed by atoms with Gasteiger partial charge < -0.3 is 14.4 Å². The van der Waals surface area contributed by atoms with Gasteiger partial charge in [0, 0.05) is 12.7 Å². The van der Waals surface area contributed by atoms with E-state index in [2.05, 4.69) is 0 Å². The molecule has 0 N–H and O–H groups in total. The predicted molar refractivity (Wildman–Crippen MR) is 87.5 cm³/mol. The first kappa shape index (κ1) is 16.5. The number of hydrogen-bond acceptors (Lipinski definition) is 4. The van der Waals surface area contributed by atoms with Crippen LogP contribution in [0.3, 0.4) is 0 Å². The van der Waals surface area contributed by atoms with E-state index in [4.69, 9.17) is 9.47 Å². The summed E-state index contributed by atoms with van der Waals surface area (Å²) in [4.78, 5) is 25.1. The van der Waals surface area contributed by atoms with E-state index in [-0.39, 0.29) is 19.1 Å². The molecule has 0 aliphatic rings. The molecule has 0 fully saturated rings. The quantitative estimate of drug-likeness (QED) is 0.769. The minimum Gasteiger partial charge on any atom is -0.482 e. The number of para-hydroxylation sites is 1. The van der Waals surface area contributed by atoms with E-state index in [1.165, 1.54) is 4.90 Å². The fraction of sp³-hybridized carbons (Fsp3) is 0.222. The molecule has 0 radical (unpaired) electrons. The van der Waals surface area contributed by atoms with Gasteiger partial charge in [0.05, 0.1) is 0 Å². The minimum absolute atomic E-state index is 0.231. The molecule has 0 saturated carbocycles. The van der Waals surface area contributed by atoms with Crippen LogP contribution < -0.4 is 9.64 Å². The Morgan fingerprint density at radius 3 is 2.43 bits per heavy atom. The second-order valence-corrected chi connectivity index (χ2v) is 5.05. The van der Waals surface area contributed by atoms with Gasteiger partial charge in [-0.1, -0.05) is 30.3 Å². The molecule has 0 aromatic heterocycles. The lowest BCUT2D eigenvalue weighted by Crippen LogP contribution is -2.32. The van der Waals surface area contributed by atoms with Crippen molar-refractivity contribution in [3.05, 3.63) is 60.2 Å². The topological polar surface area (TPSA) is 55.8 Å². The first-order valence-corrected chi connectivity index (χ1v) is 7.23. The van der Waals surface area contributed by atoms with E-state index in [0.29, 0.717) is 5.75 Å². The largest absolute Gasteiger partial charge is 0.482 e. The first-order valence-electron chi connectivity index (χ1n) is 7.23. The number of nitrogens with zero attached hydrogens (tertiary/aromatic N) is 1. The zero-order valence-electron chi connectivity index (χ0n) is 13.2. The summed E-state index contributed by atoms with van der Waals surface area (Å²) < 4.78 is 10.2. The predicted octanol–water partition coefficient (Wildman–Crippen LogP) is 2.58. The summed E-state index contributed by atoms with van der Waals surface area (Å²) in [6, 6.07) is 16.5. The Labute approximate surface area is 135 Å². The fourth-order valence-electron chi connectivity index (χ4n) is 1.92. The first-order chi connectivity index (χ1) is 11.1. The van der Waals surface area contributed by atoms with E-state index < -0.39 is 5.97 Å². The number of anilines is 1. The third-order valence-electron chi connectivity index (χ3n) is 3.22. The zero-order chi connectivity index (χ0) is 16.7. The molecular formula is C18H19NO4. The summed E-state index contributed by atoms with van der Waals surface area (Å²) in [5.41, 5.74) is 1.81. The van der Waals surface area contributed by atoms with Crippen LogP contribution >= 0.6 is 0 Å². The number of ether oxygens (including phenoxy) is 2. The molecule has 0 heterocycles. The molecule has 5 heteroatoms. The SMILES string of the molecule is Cc1cccc(N(C)C(=O)COC(=O)COc2ccccc2)c1. The molecule has 0 unspecified atom stereocenters. The van der Waals surface area contributed by atoms with Crippen LogP contribution in [0.1, 0.15) is 5.56 Å². The Morgan fingerprint density at radius 2 is 1.74 bits per heavy atom. The standard InChI is InChI=1S/C18H19NO4/c1-14-7-6-8-15(11-14)19(2)17(20)12-23-18(21)13-22-16-9-4-3-5-10-16/h3-11H,12-13H2,1-2H3. The van der Waals surface area contributed by atoms with Gasteiger partial charge in [-0.15, -0.1) is 0 Å². The maximum Gasteiger partial charge on any atom is 0.344 e. The van der Waals surface area contributed by atoms with Gasteiger partial charge in [0.2, 0.25) is 0 Å². The Balaban J connectivity index is 1.78. The van der Waals surface area contributed by atoms with Crippen molar-refractivity contribution in [2.75, 3.05) is 25.2 Å². The molecule has 0 aliphatic heterocycles. The van der Waals surface area contributed by atoms with Crippen LogP contribution in [0.15, 0.2) is 54.6 Å². The number of hydrogen-bond donors (Lipinski definition) is 0. The van der Waals surface area contributed by atoms with E-state index in [1.54, 1.807) is 31.3 Å². The highest BCUT2D eigenvalue weighted by Gasteiger charge is 2.14. The summed E-state index contributed by atoms with van der Waals surface area (Å²) in [5, 5.41) is 0. The molecule has 2 aromatic carbocycles. The van der Waals surface area contributed by atoms with Crippen LogP contribution in [-0.2, 0) is 14.3 Å². The molecule has 1 amide bonds. The van der Waals surface area contributed by atoms with Crippen LogP contribution in [-0.4, -0.2) is 32.1 Å². The van der Waals surface area contributed by atoms with Gasteiger partial charge in [-0.25, -0.2) is 4.79 Å². The Kier molecular flexibility index (Phi) is 5.74. The maximum atomic E-state index is 12.0. The summed E-state index contributed by atoms with van der Waals surface area (Å²) in [6.07, 6.45) is 0. The van der Waals surface area contributed by atoms with Crippen molar-refractivity contribution in [3.8, 4) is 5.75 Å². The number of carbonyl (C=O) groups is 2. The number of aryl methyl sites for hydroxylation is 1. The number of rotatable bonds is 6. The van der Waals surface area contributed by atoms with Crippen LogP contribution in [0.2, 0.25) is 0 Å². The Bertz CT molecular complexity index is 670. The molecule has 0 bridgehead atoms. The molecule has 0 atom stereocenters. The van der Waals surface area contributed by atoms with Gasteiger partial charge in [0.15, 0.2) is 13.2 Å². The average Bonchev–Trinajstić information content (AvgIpc) is 2.58. The van der Waals surface area contributed by atoms with Crippen molar-refractivity contribution in [3.63, 3.8) is 0 Å². The molecule has 0 aliphatic carbocycles. The molecule has 0 saturated heterocycles. The van der Waals surface area contributed by atoms with E-state index in [1.807, 2.05) is 37.3 Å². The van der Waals surface area contributed by atoms with Gasteiger partial charge in [0.25, 0.3) is 5.91 Å². The number of carbonyl (C=O) groups excluding carboxylic acids is 2. The van der Waals surface area contributed by atoms with E-state index in [0.717, 1.165) is 11.3 Å². The third kappa shape index (κ3) is 5.14. The Morgan fingerprint density at radius 1 is 1.00 bits per heavy atom. The monoisotopic (exact) mass is 313 g/mol. The van der Waals surface area contributed by atoms with Crippen LogP contribution in [0.25, 0.3) is 0 Å². The number of esters is 1. The molecule has 2 rings (SSSR count). The van der Waals surface area contributed by atoms with Crippen molar-refractivity contribution in [1.82, 2.24) is 0 Å². The van der Waals surface area contributed by atoms with Gasteiger partial charge in [0.1, 0.15) is 5.75 Å². The summed E-state index contributed by atoms with van der Waals surface area (Å²) in [7, 11) is 1.64. The maximum absolute atomic E-state index is 12.0. The van der Waals surface area contributed by atoms with E-state index >= 15 is 0 Å². The zero-order valence-corrected chi connectivity index (χ0v) is 13.2. The third-order valence-corrected chi connectivity index (χ3v) is 3.22. The lowest BCUT2D eigenvalue weighted by Gasteiger charge is -2.17. The van der Waals surface area contributed by atoms with Crippen molar-refractivity contribution in [2.24, 2.45) is 0 Å². The summed E-state index contributed by atoms with van der Waals surface area (Å²) in [6.45, 7) is 1.40. The van der Waals surface area contributed by atoms with Gasteiger partial charge in [-0.05, 0) is 36.8 Å². The molecule has 120 valence electrons. The van der Waals surface area contributed by atoms with Crippen molar-refractivity contribution >= 4 is 17.6 Å². The van der Waals surface area contributed by atoms with Crippen LogP contribution in [0, 0.1) is 6.92 Å². The van der Waals surface area contributed by atoms with Gasteiger partial charge >= 0.3 is 5.97 Å². The highest BCUT2D eigenvalue weighted by molar-refractivity contribution is 5.94. The Hall–Kier alpha value is -2.82. The van der Waals surface area contributed by atoms with Crippen LogP contribution in [0.4, 0.5) is 5.69 Å². The molecule has 0 spiro atoms. The van der Waals surface area contributed by atoms with Crippen molar-refractivity contribution in [1.29, 1.82) is 0 Å². The summed E-state index contributed by atoms with van der Waals surface area (Å²) >= 11 is 0. The normalized spacial score (nSPS) is 10.0. The molecular weight excluding hydrogens is 294 g/mol. The van der Waals surface area contributed by atoms with Crippen molar-refractivity contribution < 1.29 is 19.1 Å². The van der Waals surface area contributed by atoms with Crippen LogP contribution in [0.5, 0.6) is 5.75 Å². The average molecular weight is 313 g/mol. The number of amides is 1. The van der Waals surface area contributed by atoms with Gasteiger partial charge in [-0.3, -0.25) is 4.79 Å². The number of likely N-dealkylation sites (N-methyl/N-ethyl adjacent to an activating group) is 1. The minimum atomic E-state index is -0.583. The second-order valence-electron chi connectivity index (χ2n) is 5.05. The highest BCUT2D eigenvalue weighted by Crippen LogP contribution is 2.14. The second kappa shape index (κ2) is 7.98. The lowest BCUT2D eigenvalue weighted by molar-refractivity contribution is -0.149. The van der Waals surface area contributed by atoms with E-state index in [9.17, 15) is 9.59 Å². The highest BCUT2D eigenvalue weighted by atomic mass is 16.6. The smallest absolute Gasteiger partial charge is 0.344 e. The summed E-state index contributed by atoms with van der Waals surface area (Å²) in [5.74, 6) is -0.309. The molecule has 5 nitrogen and oxygen atoms in total.